The lowest BCUT2D eigenvalue weighted by atomic mass is 10.00. The predicted octanol–water partition coefficient (Wildman–Crippen LogP) is 4.44. The lowest BCUT2D eigenvalue weighted by Crippen LogP contribution is -2.39. The number of rotatable bonds is 4. The number of para-hydroxylation sites is 1. The smallest absolute Gasteiger partial charge is 0.225 e. The monoisotopic (exact) mass is 450 g/mol. The molecule has 2 aromatic carbocycles. The molecule has 0 spiro atoms. The summed E-state index contributed by atoms with van der Waals surface area (Å²) in [6.07, 6.45) is 2.00. The first-order chi connectivity index (χ1) is 16.0. The highest BCUT2D eigenvalue weighted by molar-refractivity contribution is 5.76. The van der Waals surface area contributed by atoms with Crippen LogP contribution < -0.4 is 15.5 Å². The van der Waals surface area contributed by atoms with Crippen LogP contribution in [0, 0.1) is 18.6 Å². The summed E-state index contributed by atoms with van der Waals surface area (Å²) in [7, 11) is 2.13. The number of piperidine rings is 1. The molecule has 1 saturated heterocycles. The molecule has 0 bridgehead atoms. The standard InChI is InChI=1S/C25H28F2N6/c1-16-13-17(26)7-8-19(16)23-20-14-28-15-33(22-6-4-3-5-21(22)27)24(20)31-25(30-23)29-18-9-11-32(2)12-10-18/h3-8,13,18,28H,9-12,14-15H2,1-2H3,(H,29,30,31). The molecule has 2 N–H and O–H groups in total. The van der Waals surface area contributed by atoms with Crippen molar-refractivity contribution < 1.29 is 8.78 Å². The van der Waals surface area contributed by atoms with Gasteiger partial charge in [0.15, 0.2) is 0 Å². The van der Waals surface area contributed by atoms with Gasteiger partial charge in [-0.1, -0.05) is 12.1 Å². The van der Waals surface area contributed by atoms with Crippen molar-refractivity contribution in [2.75, 3.05) is 37.0 Å². The van der Waals surface area contributed by atoms with E-state index < -0.39 is 0 Å². The summed E-state index contributed by atoms with van der Waals surface area (Å²) in [5.74, 6) is 0.596. The Kier molecular flexibility index (Phi) is 5.95. The predicted molar refractivity (Wildman–Crippen MR) is 127 cm³/mol. The third-order valence-electron chi connectivity index (χ3n) is 6.45. The minimum Gasteiger partial charge on any atom is -0.351 e. The summed E-state index contributed by atoms with van der Waals surface area (Å²) in [5, 5.41) is 6.86. The molecule has 0 unspecified atom stereocenters. The highest BCUT2D eigenvalue weighted by Crippen LogP contribution is 2.37. The first-order valence-corrected chi connectivity index (χ1v) is 11.3. The van der Waals surface area contributed by atoms with Gasteiger partial charge < -0.3 is 15.1 Å². The fraction of sp³-hybridized carbons (Fsp3) is 0.360. The van der Waals surface area contributed by atoms with Crippen molar-refractivity contribution in [1.29, 1.82) is 0 Å². The molecule has 0 aliphatic carbocycles. The maximum absolute atomic E-state index is 14.7. The van der Waals surface area contributed by atoms with E-state index in [1.165, 1.54) is 18.2 Å². The van der Waals surface area contributed by atoms with Crippen LogP contribution >= 0.6 is 0 Å². The SMILES string of the molecule is Cc1cc(F)ccc1-c1nc(NC2CCN(C)CC2)nc2c1CNCN2c1ccccc1F. The van der Waals surface area contributed by atoms with Crippen LogP contribution in [0.5, 0.6) is 0 Å². The molecule has 0 radical (unpaired) electrons. The van der Waals surface area contributed by atoms with Gasteiger partial charge in [-0.05, 0) is 75.8 Å². The topological polar surface area (TPSA) is 56.3 Å². The van der Waals surface area contributed by atoms with E-state index in [1.807, 2.05) is 17.9 Å². The summed E-state index contributed by atoms with van der Waals surface area (Å²) >= 11 is 0. The number of hydrogen-bond acceptors (Lipinski definition) is 6. The molecule has 33 heavy (non-hydrogen) atoms. The Labute approximate surface area is 192 Å². The molecule has 0 amide bonds. The van der Waals surface area contributed by atoms with Crippen LogP contribution in [-0.2, 0) is 6.54 Å². The fourth-order valence-electron chi connectivity index (χ4n) is 4.61. The van der Waals surface area contributed by atoms with Gasteiger partial charge in [0.25, 0.3) is 0 Å². The number of halogens is 2. The third kappa shape index (κ3) is 4.41. The highest BCUT2D eigenvalue weighted by Gasteiger charge is 2.28. The number of anilines is 3. The zero-order valence-corrected chi connectivity index (χ0v) is 18.9. The van der Waals surface area contributed by atoms with Gasteiger partial charge in [0, 0.05) is 23.7 Å². The van der Waals surface area contributed by atoms with Crippen LogP contribution in [0.4, 0.5) is 26.2 Å². The average Bonchev–Trinajstić information content (AvgIpc) is 2.80. The van der Waals surface area contributed by atoms with Crippen molar-refractivity contribution >= 4 is 17.5 Å². The zero-order chi connectivity index (χ0) is 22.9. The molecule has 1 aromatic heterocycles. The summed E-state index contributed by atoms with van der Waals surface area (Å²) in [5.41, 5.74) is 3.70. The normalized spacial score (nSPS) is 17.2. The molecule has 8 heteroatoms. The first kappa shape index (κ1) is 21.7. The summed E-state index contributed by atoms with van der Waals surface area (Å²) < 4.78 is 28.6. The number of fused-ring (bicyclic) bond motifs is 1. The van der Waals surface area contributed by atoms with Crippen molar-refractivity contribution in [2.24, 2.45) is 0 Å². The third-order valence-corrected chi connectivity index (χ3v) is 6.45. The van der Waals surface area contributed by atoms with E-state index in [0.717, 1.165) is 48.3 Å². The number of aryl methyl sites for hydroxylation is 1. The van der Waals surface area contributed by atoms with Crippen molar-refractivity contribution in [3.63, 3.8) is 0 Å². The van der Waals surface area contributed by atoms with E-state index in [4.69, 9.17) is 9.97 Å². The van der Waals surface area contributed by atoms with Crippen molar-refractivity contribution in [2.45, 2.75) is 32.4 Å². The second-order valence-electron chi connectivity index (χ2n) is 8.84. The van der Waals surface area contributed by atoms with E-state index in [0.29, 0.717) is 30.7 Å². The Hall–Kier alpha value is -3.10. The summed E-state index contributed by atoms with van der Waals surface area (Å²) in [6, 6.07) is 11.7. The molecule has 5 rings (SSSR count). The minimum atomic E-state index is -0.310. The van der Waals surface area contributed by atoms with E-state index in [9.17, 15) is 8.78 Å². The van der Waals surface area contributed by atoms with Gasteiger partial charge in [0.05, 0.1) is 18.1 Å². The fourth-order valence-corrected chi connectivity index (χ4v) is 4.61. The van der Waals surface area contributed by atoms with Gasteiger partial charge in [-0.15, -0.1) is 0 Å². The second kappa shape index (κ2) is 9.03. The van der Waals surface area contributed by atoms with Crippen LogP contribution in [0.25, 0.3) is 11.3 Å². The van der Waals surface area contributed by atoms with Gasteiger partial charge in [-0.25, -0.2) is 13.8 Å². The number of hydrogen-bond donors (Lipinski definition) is 2. The molecular formula is C25H28F2N6. The molecule has 3 aromatic rings. The lowest BCUT2D eigenvalue weighted by Gasteiger charge is -2.33. The lowest BCUT2D eigenvalue weighted by molar-refractivity contribution is 0.263. The molecule has 0 atom stereocenters. The second-order valence-corrected chi connectivity index (χ2v) is 8.84. The number of benzene rings is 2. The molecule has 2 aliphatic rings. The summed E-state index contributed by atoms with van der Waals surface area (Å²) in [6.45, 7) is 4.87. The van der Waals surface area contributed by atoms with Gasteiger partial charge in [-0.3, -0.25) is 5.32 Å². The number of nitrogens with one attached hydrogen (secondary N) is 2. The van der Waals surface area contributed by atoms with Crippen LogP contribution in [0.1, 0.15) is 24.0 Å². The number of nitrogens with zero attached hydrogens (tertiary/aromatic N) is 4. The quantitative estimate of drug-likeness (QED) is 0.613. The Bertz CT molecular complexity index is 1160. The van der Waals surface area contributed by atoms with Gasteiger partial charge in [-0.2, -0.15) is 4.98 Å². The molecule has 3 heterocycles. The molecular weight excluding hydrogens is 422 g/mol. The minimum absolute atomic E-state index is 0.269. The van der Waals surface area contributed by atoms with Crippen LogP contribution in [0.2, 0.25) is 0 Å². The highest BCUT2D eigenvalue weighted by atomic mass is 19.1. The van der Waals surface area contributed by atoms with Crippen LogP contribution in [-0.4, -0.2) is 47.7 Å². The van der Waals surface area contributed by atoms with Crippen molar-refractivity contribution in [1.82, 2.24) is 20.2 Å². The van der Waals surface area contributed by atoms with Gasteiger partial charge in [0.1, 0.15) is 17.5 Å². The zero-order valence-electron chi connectivity index (χ0n) is 18.9. The largest absolute Gasteiger partial charge is 0.351 e. The number of aromatic nitrogens is 2. The number of likely N-dealkylation sites (tertiary alicyclic amines) is 1. The molecule has 1 fully saturated rings. The molecule has 6 nitrogen and oxygen atoms in total. The Morgan fingerprint density at radius 2 is 1.85 bits per heavy atom. The Balaban J connectivity index is 1.62. The van der Waals surface area contributed by atoms with E-state index in [-0.39, 0.29) is 17.7 Å². The molecule has 2 aliphatic heterocycles. The van der Waals surface area contributed by atoms with Gasteiger partial charge in [0.2, 0.25) is 5.95 Å². The van der Waals surface area contributed by atoms with E-state index >= 15 is 0 Å². The van der Waals surface area contributed by atoms with Crippen LogP contribution in [0.3, 0.4) is 0 Å². The van der Waals surface area contributed by atoms with Crippen LogP contribution in [0.15, 0.2) is 42.5 Å². The average molecular weight is 451 g/mol. The van der Waals surface area contributed by atoms with E-state index in [1.54, 1.807) is 18.2 Å². The maximum atomic E-state index is 14.7. The van der Waals surface area contributed by atoms with E-state index in [2.05, 4.69) is 22.6 Å². The first-order valence-electron chi connectivity index (χ1n) is 11.3. The Morgan fingerprint density at radius 1 is 1.06 bits per heavy atom. The van der Waals surface area contributed by atoms with Crippen molar-refractivity contribution in [3.8, 4) is 11.3 Å². The molecule has 172 valence electrons. The van der Waals surface area contributed by atoms with Gasteiger partial charge >= 0.3 is 0 Å². The molecule has 0 saturated carbocycles. The maximum Gasteiger partial charge on any atom is 0.225 e. The Morgan fingerprint density at radius 3 is 2.61 bits per heavy atom. The van der Waals surface area contributed by atoms with Crippen molar-refractivity contribution in [3.05, 3.63) is 65.2 Å². The summed E-state index contributed by atoms with van der Waals surface area (Å²) in [4.78, 5) is 13.9.